The lowest BCUT2D eigenvalue weighted by molar-refractivity contribution is 0.194. The number of anilines is 1. The average Bonchev–Trinajstić information content (AvgIpc) is 2.30. The van der Waals surface area contributed by atoms with E-state index >= 15 is 0 Å². The molecule has 0 aromatic carbocycles. The van der Waals surface area contributed by atoms with Gasteiger partial charge in [0.05, 0.1) is 0 Å². The van der Waals surface area contributed by atoms with Crippen LogP contribution in [0.1, 0.15) is 24.8 Å². The molecule has 88 valence electrons. The fraction of sp³-hybridized carbons (Fsp3) is 0.615. The summed E-state index contributed by atoms with van der Waals surface area (Å²) in [7, 11) is 2.23. The first-order valence-corrected chi connectivity index (χ1v) is 6.12. The van der Waals surface area contributed by atoms with Gasteiger partial charge in [-0.3, -0.25) is 4.98 Å². The summed E-state index contributed by atoms with van der Waals surface area (Å²) in [4.78, 5) is 6.57. The van der Waals surface area contributed by atoms with Crippen molar-refractivity contribution in [2.24, 2.45) is 0 Å². The summed E-state index contributed by atoms with van der Waals surface area (Å²) >= 11 is 0. The van der Waals surface area contributed by atoms with Crippen LogP contribution in [-0.2, 0) is 0 Å². The van der Waals surface area contributed by atoms with Crippen LogP contribution in [0.25, 0.3) is 0 Å². The molecule has 1 aliphatic heterocycles. The molecular formula is C13H21N3. The topological polar surface area (TPSA) is 28.2 Å². The lowest BCUT2D eigenvalue weighted by Crippen LogP contribution is -2.40. The quantitative estimate of drug-likeness (QED) is 0.845. The predicted molar refractivity (Wildman–Crippen MR) is 67.7 cm³/mol. The zero-order chi connectivity index (χ0) is 11.4. The standard InChI is InChI=1S/C13H21N3/c1-11-9-14-7-6-13(11)15-10-12-5-3-4-8-16(12)2/h6-7,9,12H,3-5,8,10H2,1-2H3,(H,14,15). The number of piperidine rings is 1. The van der Waals surface area contributed by atoms with Crippen molar-refractivity contribution < 1.29 is 0 Å². The van der Waals surface area contributed by atoms with E-state index in [1.807, 2.05) is 12.4 Å². The number of likely N-dealkylation sites (N-methyl/N-ethyl adjacent to an activating group) is 1. The highest BCUT2D eigenvalue weighted by Crippen LogP contribution is 2.17. The summed E-state index contributed by atoms with van der Waals surface area (Å²) in [6, 6.07) is 2.74. The number of aromatic nitrogens is 1. The molecule has 1 aromatic heterocycles. The van der Waals surface area contributed by atoms with Crippen molar-refractivity contribution in [2.75, 3.05) is 25.5 Å². The number of nitrogens with one attached hydrogen (secondary N) is 1. The second kappa shape index (κ2) is 5.30. The maximum Gasteiger partial charge on any atom is 0.0401 e. The first-order chi connectivity index (χ1) is 7.77. The van der Waals surface area contributed by atoms with Crippen LogP contribution < -0.4 is 5.32 Å². The molecule has 0 bridgehead atoms. The number of aryl methyl sites for hydroxylation is 1. The number of nitrogens with zero attached hydrogens (tertiary/aromatic N) is 2. The van der Waals surface area contributed by atoms with Gasteiger partial charge in [0.2, 0.25) is 0 Å². The number of likely N-dealkylation sites (tertiary alicyclic amines) is 1. The molecule has 2 rings (SSSR count). The number of rotatable bonds is 3. The molecule has 1 unspecified atom stereocenters. The van der Waals surface area contributed by atoms with Crippen LogP contribution in [0.4, 0.5) is 5.69 Å². The molecule has 3 heteroatoms. The van der Waals surface area contributed by atoms with Crippen LogP contribution in [0.5, 0.6) is 0 Å². The molecule has 0 radical (unpaired) electrons. The zero-order valence-corrected chi connectivity index (χ0v) is 10.2. The fourth-order valence-corrected chi connectivity index (χ4v) is 2.30. The van der Waals surface area contributed by atoms with Gasteiger partial charge in [0, 0.05) is 30.7 Å². The van der Waals surface area contributed by atoms with Gasteiger partial charge >= 0.3 is 0 Å². The van der Waals surface area contributed by atoms with Crippen molar-refractivity contribution in [2.45, 2.75) is 32.2 Å². The van der Waals surface area contributed by atoms with E-state index in [1.54, 1.807) is 0 Å². The third-order valence-electron chi connectivity index (χ3n) is 3.47. The van der Waals surface area contributed by atoms with E-state index in [9.17, 15) is 0 Å². The second-order valence-corrected chi connectivity index (χ2v) is 4.70. The minimum Gasteiger partial charge on any atom is -0.383 e. The van der Waals surface area contributed by atoms with Crippen molar-refractivity contribution in [1.29, 1.82) is 0 Å². The Morgan fingerprint density at radius 3 is 3.12 bits per heavy atom. The molecule has 0 amide bonds. The Morgan fingerprint density at radius 2 is 2.38 bits per heavy atom. The van der Waals surface area contributed by atoms with Crippen molar-refractivity contribution in [3.05, 3.63) is 24.0 Å². The number of pyridine rings is 1. The Kier molecular flexibility index (Phi) is 3.78. The largest absolute Gasteiger partial charge is 0.383 e. The van der Waals surface area contributed by atoms with Crippen LogP contribution >= 0.6 is 0 Å². The van der Waals surface area contributed by atoms with Gasteiger partial charge in [-0.25, -0.2) is 0 Å². The van der Waals surface area contributed by atoms with Gasteiger partial charge in [-0.15, -0.1) is 0 Å². The smallest absolute Gasteiger partial charge is 0.0401 e. The molecule has 0 aliphatic carbocycles. The van der Waals surface area contributed by atoms with Gasteiger partial charge in [0.25, 0.3) is 0 Å². The maximum atomic E-state index is 4.10. The van der Waals surface area contributed by atoms with E-state index in [0.717, 1.165) is 6.54 Å². The molecule has 1 N–H and O–H groups in total. The Hall–Kier alpha value is -1.09. The summed E-state index contributed by atoms with van der Waals surface area (Å²) < 4.78 is 0. The lowest BCUT2D eigenvalue weighted by atomic mass is 10.0. The van der Waals surface area contributed by atoms with E-state index in [4.69, 9.17) is 0 Å². The Balaban J connectivity index is 1.89. The number of hydrogen-bond donors (Lipinski definition) is 1. The Labute approximate surface area is 97.9 Å². The minimum absolute atomic E-state index is 0.682. The van der Waals surface area contributed by atoms with Crippen molar-refractivity contribution in [3.63, 3.8) is 0 Å². The molecule has 0 spiro atoms. The van der Waals surface area contributed by atoms with Crippen molar-refractivity contribution >= 4 is 5.69 Å². The van der Waals surface area contributed by atoms with E-state index in [-0.39, 0.29) is 0 Å². The van der Waals surface area contributed by atoms with E-state index < -0.39 is 0 Å². The van der Waals surface area contributed by atoms with Crippen LogP contribution in [0, 0.1) is 6.92 Å². The first-order valence-electron chi connectivity index (χ1n) is 6.12. The summed E-state index contributed by atoms with van der Waals surface area (Å²) in [6.45, 7) is 4.38. The van der Waals surface area contributed by atoms with Crippen LogP contribution in [0.2, 0.25) is 0 Å². The second-order valence-electron chi connectivity index (χ2n) is 4.70. The Bertz CT molecular complexity index is 338. The highest BCUT2D eigenvalue weighted by atomic mass is 15.2. The van der Waals surface area contributed by atoms with Crippen molar-refractivity contribution in [3.8, 4) is 0 Å². The van der Waals surface area contributed by atoms with E-state index in [2.05, 4.69) is 35.2 Å². The summed E-state index contributed by atoms with van der Waals surface area (Å²) in [5.41, 5.74) is 2.44. The van der Waals surface area contributed by atoms with Gasteiger partial charge < -0.3 is 10.2 Å². The van der Waals surface area contributed by atoms with Gasteiger partial charge in [-0.05, 0) is 45.0 Å². The monoisotopic (exact) mass is 219 g/mol. The molecule has 1 atom stereocenters. The molecule has 16 heavy (non-hydrogen) atoms. The molecule has 1 aliphatic rings. The first kappa shape index (κ1) is 11.4. The zero-order valence-electron chi connectivity index (χ0n) is 10.2. The molecular weight excluding hydrogens is 198 g/mol. The SMILES string of the molecule is Cc1cnccc1NCC1CCCCN1C. The van der Waals surface area contributed by atoms with Crippen LogP contribution in [0.3, 0.4) is 0 Å². The molecule has 0 saturated carbocycles. The highest BCUT2D eigenvalue weighted by Gasteiger charge is 2.18. The predicted octanol–water partition coefficient (Wildman–Crippen LogP) is 2.29. The minimum atomic E-state index is 0.682. The summed E-state index contributed by atoms with van der Waals surface area (Å²) in [5, 5.41) is 3.53. The third-order valence-corrected chi connectivity index (χ3v) is 3.47. The molecule has 3 nitrogen and oxygen atoms in total. The summed E-state index contributed by atoms with van der Waals surface area (Å²) in [6.07, 6.45) is 7.79. The van der Waals surface area contributed by atoms with Crippen LogP contribution in [-0.4, -0.2) is 36.1 Å². The van der Waals surface area contributed by atoms with E-state index in [0.29, 0.717) is 6.04 Å². The normalized spacial score (nSPS) is 22.0. The third kappa shape index (κ3) is 2.73. The van der Waals surface area contributed by atoms with Crippen molar-refractivity contribution in [1.82, 2.24) is 9.88 Å². The molecule has 1 aromatic rings. The van der Waals surface area contributed by atoms with E-state index in [1.165, 1.54) is 37.1 Å². The summed E-state index contributed by atoms with van der Waals surface area (Å²) in [5.74, 6) is 0. The van der Waals surface area contributed by atoms with Crippen LogP contribution in [0.15, 0.2) is 18.5 Å². The van der Waals surface area contributed by atoms with Gasteiger partial charge in [0.15, 0.2) is 0 Å². The average molecular weight is 219 g/mol. The lowest BCUT2D eigenvalue weighted by Gasteiger charge is -2.32. The number of hydrogen-bond acceptors (Lipinski definition) is 3. The molecule has 1 saturated heterocycles. The fourth-order valence-electron chi connectivity index (χ4n) is 2.30. The Morgan fingerprint density at radius 1 is 1.50 bits per heavy atom. The highest BCUT2D eigenvalue weighted by molar-refractivity contribution is 5.48. The van der Waals surface area contributed by atoms with Gasteiger partial charge in [-0.1, -0.05) is 6.42 Å². The van der Waals surface area contributed by atoms with Gasteiger partial charge in [-0.2, -0.15) is 0 Å². The molecule has 1 fully saturated rings. The molecule has 2 heterocycles. The van der Waals surface area contributed by atoms with Gasteiger partial charge in [0.1, 0.15) is 0 Å². The maximum absolute atomic E-state index is 4.10.